The standard InChI is InChI=1S/C25H23FN6O2S/c1-14-11-23(35-31-14)30-21-13-22(20(26)12-19(21)25(27)34)32(28)15(2)24(33)18-5-3-16(4-6-18)17-7-9-29-10-8-17/h3-13,15,30H,28H2,1-2H3,(H2,27,34). The van der Waals surface area contributed by atoms with Crippen LogP contribution in [0.25, 0.3) is 11.1 Å². The van der Waals surface area contributed by atoms with Crippen molar-refractivity contribution in [1.82, 2.24) is 9.36 Å². The summed E-state index contributed by atoms with van der Waals surface area (Å²) in [6.45, 7) is 3.41. The number of nitrogens with zero attached hydrogens (tertiary/aromatic N) is 3. The van der Waals surface area contributed by atoms with Crippen LogP contribution in [0.4, 0.5) is 20.8 Å². The summed E-state index contributed by atoms with van der Waals surface area (Å²) in [5.74, 6) is 4.33. The molecule has 5 N–H and O–H groups in total. The summed E-state index contributed by atoms with van der Waals surface area (Å²) in [6, 6.07) is 14.1. The third-order valence-electron chi connectivity index (χ3n) is 5.50. The van der Waals surface area contributed by atoms with Gasteiger partial charge < -0.3 is 11.1 Å². The lowest BCUT2D eigenvalue weighted by Crippen LogP contribution is -2.45. The quantitative estimate of drug-likeness (QED) is 0.189. The smallest absolute Gasteiger partial charge is 0.250 e. The maximum absolute atomic E-state index is 15.0. The minimum absolute atomic E-state index is 0.0450. The van der Waals surface area contributed by atoms with Crippen molar-refractivity contribution < 1.29 is 14.0 Å². The molecule has 1 unspecified atom stereocenters. The Labute approximate surface area is 205 Å². The third-order valence-corrected chi connectivity index (χ3v) is 6.29. The molecule has 178 valence electrons. The van der Waals surface area contributed by atoms with Crippen LogP contribution in [-0.4, -0.2) is 27.1 Å². The Balaban J connectivity index is 1.60. The van der Waals surface area contributed by atoms with Crippen LogP contribution < -0.4 is 21.9 Å². The van der Waals surface area contributed by atoms with Gasteiger partial charge in [-0.1, -0.05) is 24.3 Å². The summed E-state index contributed by atoms with van der Waals surface area (Å²) in [4.78, 5) is 29.0. The number of rotatable bonds is 8. The van der Waals surface area contributed by atoms with E-state index in [9.17, 15) is 14.0 Å². The molecule has 2 heterocycles. The molecule has 8 nitrogen and oxygen atoms in total. The number of amides is 1. The second-order valence-corrected chi connectivity index (χ2v) is 8.74. The van der Waals surface area contributed by atoms with Crippen molar-refractivity contribution in [3.05, 3.63) is 89.6 Å². The summed E-state index contributed by atoms with van der Waals surface area (Å²) in [6.07, 6.45) is 3.39. The first-order chi connectivity index (χ1) is 16.7. The topological polar surface area (TPSA) is 127 Å². The Kier molecular flexibility index (Phi) is 6.85. The molecular formula is C25H23FN6O2S. The number of benzene rings is 2. The summed E-state index contributed by atoms with van der Waals surface area (Å²) in [5.41, 5.74) is 8.72. The van der Waals surface area contributed by atoms with E-state index in [1.807, 2.05) is 31.2 Å². The minimum Gasteiger partial charge on any atom is -0.366 e. The van der Waals surface area contributed by atoms with Gasteiger partial charge in [-0.15, -0.1) is 0 Å². The number of halogens is 1. The molecule has 1 atom stereocenters. The van der Waals surface area contributed by atoms with Crippen LogP contribution in [0.15, 0.2) is 67.0 Å². The lowest BCUT2D eigenvalue weighted by molar-refractivity contribution is 0.0962. The second-order valence-electron chi connectivity index (χ2n) is 7.93. The highest BCUT2D eigenvalue weighted by Gasteiger charge is 2.25. The fourth-order valence-electron chi connectivity index (χ4n) is 3.57. The van der Waals surface area contributed by atoms with Crippen molar-refractivity contribution in [3.8, 4) is 11.1 Å². The number of Topliss-reactive ketones (excluding diaryl/α,β-unsaturated/α-hetero) is 1. The van der Waals surface area contributed by atoms with Gasteiger partial charge >= 0.3 is 0 Å². The van der Waals surface area contributed by atoms with Crippen LogP contribution in [0.3, 0.4) is 0 Å². The molecule has 4 aromatic rings. The van der Waals surface area contributed by atoms with Gasteiger partial charge in [0.05, 0.1) is 22.6 Å². The fraction of sp³-hybridized carbons (Fsp3) is 0.120. The molecule has 0 radical (unpaired) electrons. The average molecular weight is 491 g/mol. The number of nitrogens with two attached hydrogens (primary N) is 2. The van der Waals surface area contributed by atoms with E-state index >= 15 is 0 Å². The molecule has 0 bridgehead atoms. The predicted octanol–water partition coefficient (Wildman–Crippen LogP) is 4.45. The van der Waals surface area contributed by atoms with Crippen LogP contribution in [0.1, 0.15) is 33.3 Å². The van der Waals surface area contributed by atoms with Crippen molar-refractivity contribution in [2.75, 3.05) is 10.3 Å². The van der Waals surface area contributed by atoms with Gasteiger partial charge in [-0.25, -0.2) is 10.2 Å². The van der Waals surface area contributed by atoms with Crippen molar-refractivity contribution >= 4 is 39.6 Å². The van der Waals surface area contributed by atoms with E-state index in [4.69, 9.17) is 11.6 Å². The van der Waals surface area contributed by atoms with Gasteiger partial charge in [0, 0.05) is 18.0 Å². The normalized spacial score (nSPS) is 11.7. The molecule has 0 aliphatic carbocycles. The molecule has 2 aromatic heterocycles. The zero-order valence-corrected chi connectivity index (χ0v) is 19.8. The first kappa shape index (κ1) is 24.0. The van der Waals surface area contributed by atoms with E-state index in [0.29, 0.717) is 10.6 Å². The van der Waals surface area contributed by atoms with Crippen molar-refractivity contribution in [2.24, 2.45) is 11.6 Å². The van der Waals surface area contributed by atoms with Crippen molar-refractivity contribution in [1.29, 1.82) is 0 Å². The number of carbonyl (C=O) groups is 2. The zero-order chi connectivity index (χ0) is 25.1. The van der Waals surface area contributed by atoms with Crippen molar-refractivity contribution in [3.63, 3.8) is 0 Å². The largest absolute Gasteiger partial charge is 0.366 e. The highest BCUT2D eigenvalue weighted by Crippen LogP contribution is 2.31. The summed E-state index contributed by atoms with van der Waals surface area (Å²) < 4.78 is 19.1. The minimum atomic E-state index is -0.894. The summed E-state index contributed by atoms with van der Waals surface area (Å²) in [5, 5.41) is 4.72. The van der Waals surface area contributed by atoms with E-state index < -0.39 is 17.8 Å². The number of primary amides is 1. The number of aryl methyl sites for hydroxylation is 1. The Morgan fingerprint density at radius 1 is 1.06 bits per heavy atom. The number of nitrogens with one attached hydrogen (secondary N) is 1. The van der Waals surface area contributed by atoms with Crippen LogP contribution in [-0.2, 0) is 0 Å². The van der Waals surface area contributed by atoms with E-state index in [1.54, 1.807) is 37.5 Å². The highest BCUT2D eigenvalue weighted by molar-refractivity contribution is 7.10. The van der Waals surface area contributed by atoms with Crippen LogP contribution in [0, 0.1) is 12.7 Å². The van der Waals surface area contributed by atoms with E-state index in [1.165, 1.54) is 17.6 Å². The van der Waals surface area contributed by atoms with Crippen LogP contribution >= 0.6 is 11.5 Å². The van der Waals surface area contributed by atoms with Gasteiger partial charge in [0.25, 0.3) is 5.91 Å². The SMILES string of the molecule is Cc1cc(Nc2cc(N(N)C(C)C(=O)c3ccc(-c4ccncc4)cc3)c(F)cc2C(N)=O)sn1. The molecule has 0 aliphatic heterocycles. The van der Waals surface area contributed by atoms with Gasteiger partial charge in [-0.2, -0.15) is 4.37 Å². The number of pyridine rings is 1. The number of hydrazine groups is 1. The second kappa shape index (κ2) is 10.00. The highest BCUT2D eigenvalue weighted by atomic mass is 32.1. The third kappa shape index (κ3) is 5.18. The zero-order valence-electron chi connectivity index (χ0n) is 19.0. The first-order valence-electron chi connectivity index (χ1n) is 10.7. The Hall–Kier alpha value is -4.15. The molecule has 4 rings (SSSR count). The lowest BCUT2D eigenvalue weighted by Gasteiger charge is -2.26. The molecule has 10 heteroatoms. The number of hydrogen-bond acceptors (Lipinski definition) is 8. The van der Waals surface area contributed by atoms with Gasteiger partial charge in [0.15, 0.2) is 5.78 Å². The lowest BCUT2D eigenvalue weighted by atomic mass is 10.00. The molecule has 0 saturated heterocycles. The molecule has 1 amide bonds. The number of hydrogen-bond donors (Lipinski definition) is 3. The number of ketones is 1. The van der Waals surface area contributed by atoms with Gasteiger partial charge in [-0.05, 0) is 66.8 Å². The Morgan fingerprint density at radius 2 is 1.71 bits per heavy atom. The maximum atomic E-state index is 15.0. The fourth-order valence-corrected chi connectivity index (χ4v) is 4.24. The molecule has 2 aromatic carbocycles. The average Bonchev–Trinajstić information content (AvgIpc) is 3.28. The van der Waals surface area contributed by atoms with Crippen molar-refractivity contribution in [2.45, 2.75) is 19.9 Å². The number of anilines is 3. The molecule has 0 spiro atoms. The van der Waals surface area contributed by atoms with Crippen LogP contribution in [0.2, 0.25) is 0 Å². The first-order valence-corrected chi connectivity index (χ1v) is 11.4. The maximum Gasteiger partial charge on any atom is 0.250 e. The number of carbonyl (C=O) groups excluding carboxylic acids is 2. The van der Waals surface area contributed by atoms with Gasteiger partial charge in [0.1, 0.15) is 16.9 Å². The molecule has 35 heavy (non-hydrogen) atoms. The monoisotopic (exact) mass is 490 g/mol. The van der Waals surface area contributed by atoms with Crippen LogP contribution in [0.5, 0.6) is 0 Å². The van der Waals surface area contributed by atoms with Gasteiger partial charge in [0.2, 0.25) is 0 Å². The molecule has 0 fully saturated rings. The predicted molar refractivity (Wildman–Crippen MR) is 135 cm³/mol. The Bertz CT molecular complexity index is 1370. The molecule has 0 saturated carbocycles. The summed E-state index contributed by atoms with van der Waals surface area (Å²) in [7, 11) is 0. The van der Waals surface area contributed by atoms with E-state index in [-0.39, 0.29) is 22.7 Å². The Morgan fingerprint density at radius 3 is 2.31 bits per heavy atom. The van der Waals surface area contributed by atoms with E-state index in [0.717, 1.165) is 27.9 Å². The van der Waals surface area contributed by atoms with Gasteiger partial charge in [-0.3, -0.25) is 19.6 Å². The molecule has 0 aliphatic rings. The number of aromatic nitrogens is 2. The van der Waals surface area contributed by atoms with E-state index in [2.05, 4.69) is 14.7 Å². The summed E-state index contributed by atoms with van der Waals surface area (Å²) >= 11 is 1.18. The molecular weight excluding hydrogens is 467 g/mol.